The Morgan fingerprint density at radius 1 is 1.62 bits per heavy atom. The first-order valence-electron chi connectivity index (χ1n) is 5.07. The van der Waals surface area contributed by atoms with Gasteiger partial charge in [0.2, 0.25) is 0 Å². The summed E-state index contributed by atoms with van der Waals surface area (Å²) in [7, 11) is 0. The highest BCUT2D eigenvalue weighted by molar-refractivity contribution is 7.71. The van der Waals surface area contributed by atoms with Crippen molar-refractivity contribution < 1.29 is 0 Å². The molecule has 0 atom stereocenters. The third-order valence-corrected chi connectivity index (χ3v) is 4.34. The number of hydrogen-bond acceptors (Lipinski definition) is 3. The average molecular weight is 273 g/mol. The van der Waals surface area contributed by atoms with Crippen molar-refractivity contribution in [2.24, 2.45) is 5.92 Å². The zero-order chi connectivity index (χ0) is 11.3. The van der Waals surface area contributed by atoms with Gasteiger partial charge >= 0.3 is 0 Å². The van der Waals surface area contributed by atoms with Crippen LogP contribution in [0.3, 0.4) is 0 Å². The second-order valence-corrected chi connectivity index (χ2v) is 6.15. The minimum absolute atomic E-state index is 0.0115. The highest BCUT2D eigenvalue weighted by Crippen LogP contribution is 2.31. The second kappa shape index (κ2) is 3.68. The molecule has 1 aliphatic rings. The van der Waals surface area contributed by atoms with Crippen LogP contribution in [0.2, 0.25) is 4.34 Å². The molecule has 0 radical (unpaired) electrons. The SMILES string of the molecule is O=c1c2sc(Cl)cc2[nH]c(=S)n1CC1CC1. The molecule has 1 fully saturated rings. The molecule has 0 aromatic carbocycles. The van der Waals surface area contributed by atoms with Crippen molar-refractivity contribution in [2.75, 3.05) is 0 Å². The van der Waals surface area contributed by atoms with E-state index in [4.69, 9.17) is 23.8 Å². The summed E-state index contributed by atoms with van der Waals surface area (Å²) < 4.78 is 3.43. The Bertz CT molecular complexity index is 665. The summed E-state index contributed by atoms with van der Waals surface area (Å²) in [4.78, 5) is 15.2. The van der Waals surface area contributed by atoms with E-state index in [1.807, 2.05) is 0 Å². The number of fused-ring (bicyclic) bond motifs is 1. The number of halogens is 1. The van der Waals surface area contributed by atoms with Crippen molar-refractivity contribution in [1.82, 2.24) is 9.55 Å². The lowest BCUT2D eigenvalue weighted by molar-refractivity contribution is 0.594. The van der Waals surface area contributed by atoms with Crippen LogP contribution in [0.5, 0.6) is 0 Å². The molecule has 1 saturated carbocycles. The molecule has 0 unspecified atom stereocenters. The molecule has 3 nitrogen and oxygen atoms in total. The molecule has 2 aromatic rings. The van der Waals surface area contributed by atoms with Crippen LogP contribution in [-0.4, -0.2) is 9.55 Å². The molecule has 1 N–H and O–H groups in total. The fourth-order valence-electron chi connectivity index (χ4n) is 1.73. The lowest BCUT2D eigenvalue weighted by atomic mass is 10.4. The molecule has 2 aromatic heterocycles. The van der Waals surface area contributed by atoms with Crippen molar-refractivity contribution in [3.8, 4) is 0 Å². The molecule has 84 valence electrons. The van der Waals surface area contributed by atoms with Gasteiger partial charge in [-0.3, -0.25) is 9.36 Å². The van der Waals surface area contributed by atoms with Crippen molar-refractivity contribution >= 4 is 45.4 Å². The molecule has 0 amide bonds. The predicted molar refractivity (Wildman–Crippen MR) is 69.0 cm³/mol. The van der Waals surface area contributed by atoms with Gasteiger partial charge in [0.1, 0.15) is 4.70 Å². The smallest absolute Gasteiger partial charge is 0.272 e. The first kappa shape index (κ1) is 10.5. The molecule has 16 heavy (non-hydrogen) atoms. The Kier molecular flexibility index (Phi) is 2.42. The molecule has 0 saturated heterocycles. The first-order chi connectivity index (χ1) is 7.65. The topological polar surface area (TPSA) is 37.8 Å². The number of rotatable bonds is 2. The summed E-state index contributed by atoms with van der Waals surface area (Å²) in [5.74, 6) is 0.626. The van der Waals surface area contributed by atoms with Gasteiger partial charge in [-0.25, -0.2) is 0 Å². The van der Waals surface area contributed by atoms with Crippen LogP contribution in [0.4, 0.5) is 0 Å². The maximum Gasteiger partial charge on any atom is 0.272 e. The lowest BCUT2D eigenvalue weighted by Gasteiger charge is -2.04. The maximum absolute atomic E-state index is 12.2. The van der Waals surface area contributed by atoms with Gasteiger partial charge in [0.15, 0.2) is 4.77 Å². The Hall–Kier alpha value is -0.650. The minimum atomic E-state index is -0.0115. The summed E-state index contributed by atoms with van der Waals surface area (Å²) in [6.07, 6.45) is 2.40. The maximum atomic E-state index is 12.2. The van der Waals surface area contributed by atoms with Gasteiger partial charge in [0.25, 0.3) is 5.56 Å². The van der Waals surface area contributed by atoms with E-state index < -0.39 is 0 Å². The van der Waals surface area contributed by atoms with Gasteiger partial charge in [-0.1, -0.05) is 11.6 Å². The zero-order valence-corrected chi connectivity index (χ0v) is 10.7. The van der Waals surface area contributed by atoms with Gasteiger partial charge in [0, 0.05) is 6.54 Å². The van der Waals surface area contributed by atoms with Crippen molar-refractivity contribution in [3.05, 3.63) is 25.5 Å². The Labute approximate surface area is 106 Å². The van der Waals surface area contributed by atoms with Crippen LogP contribution >= 0.6 is 35.2 Å². The number of aromatic amines is 1. The van der Waals surface area contributed by atoms with Gasteiger partial charge in [0.05, 0.1) is 9.85 Å². The highest BCUT2D eigenvalue weighted by Gasteiger charge is 2.23. The summed E-state index contributed by atoms with van der Waals surface area (Å²) >= 11 is 12.4. The van der Waals surface area contributed by atoms with Gasteiger partial charge in [-0.15, -0.1) is 11.3 Å². The predicted octanol–water partition coefficient (Wildman–Crippen LogP) is 3.18. The third kappa shape index (κ3) is 1.73. The van der Waals surface area contributed by atoms with Crippen molar-refractivity contribution in [1.29, 1.82) is 0 Å². The van der Waals surface area contributed by atoms with Crippen LogP contribution in [0, 0.1) is 10.7 Å². The number of thiophene rings is 1. The highest BCUT2D eigenvalue weighted by atomic mass is 35.5. The van der Waals surface area contributed by atoms with E-state index in [9.17, 15) is 4.79 Å². The number of hydrogen-bond donors (Lipinski definition) is 1. The molecular formula is C10H9ClN2OS2. The fraction of sp³-hybridized carbons (Fsp3) is 0.400. The van der Waals surface area contributed by atoms with Gasteiger partial charge in [-0.05, 0) is 37.0 Å². The number of aromatic nitrogens is 2. The van der Waals surface area contributed by atoms with E-state index in [0.717, 1.165) is 12.1 Å². The van der Waals surface area contributed by atoms with Crippen LogP contribution in [-0.2, 0) is 6.54 Å². The average Bonchev–Trinajstić information content (AvgIpc) is 2.96. The fourth-order valence-corrected chi connectivity index (χ4v) is 3.13. The quantitative estimate of drug-likeness (QED) is 0.853. The van der Waals surface area contributed by atoms with Crippen molar-refractivity contribution in [3.63, 3.8) is 0 Å². The molecule has 2 heterocycles. The standard InChI is InChI=1S/C10H9ClN2OS2/c11-7-3-6-8(16-7)9(14)13(10(15)12-6)4-5-1-2-5/h3,5H,1-2,4H2,(H,12,15). The Balaban J connectivity index is 2.26. The summed E-state index contributed by atoms with van der Waals surface area (Å²) in [6.45, 7) is 0.736. The number of nitrogens with one attached hydrogen (secondary N) is 1. The summed E-state index contributed by atoms with van der Waals surface area (Å²) in [5, 5.41) is 0. The van der Waals surface area contributed by atoms with E-state index in [0.29, 0.717) is 19.7 Å². The Morgan fingerprint density at radius 3 is 3.06 bits per heavy atom. The summed E-state index contributed by atoms with van der Waals surface area (Å²) in [5.41, 5.74) is 0.736. The van der Waals surface area contributed by atoms with Gasteiger partial charge < -0.3 is 4.98 Å². The van der Waals surface area contributed by atoms with Gasteiger partial charge in [-0.2, -0.15) is 0 Å². The van der Waals surface area contributed by atoms with E-state index in [1.165, 1.54) is 24.2 Å². The number of H-pyrrole nitrogens is 1. The van der Waals surface area contributed by atoms with E-state index in [2.05, 4.69) is 4.98 Å². The monoisotopic (exact) mass is 272 g/mol. The van der Waals surface area contributed by atoms with Crippen molar-refractivity contribution in [2.45, 2.75) is 19.4 Å². The number of nitrogens with zero attached hydrogens (tertiary/aromatic N) is 1. The van der Waals surface area contributed by atoms with Crippen LogP contribution in [0.25, 0.3) is 10.2 Å². The summed E-state index contributed by atoms with van der Waals surface area (Å²) in [6, 6.07) is 1.75. The molecule has 1 aliphatic carbocycles. The first-order valence-corrected chi connectivity index (χ1v) is 6.67. The lowest BCUT2D eigenvalue weighted by Crippen LogP contribution is -2.22. The van der Waals surface area contributed by atoms with E-state index in [-0.39, 0.29) is 5.56 Å². The van der Waals surface area contributed by atoms with E-state index >= 15 is 0 Å². The normalized spacial score (nSPS) is 15.8. The molecule has 0 spiro atoms. The molecule has 0 aliphatic heterocycles. The molecule has 0 bridgehead atoms. The molecular weight excluding hydrogens is 264 g/mol. The minimum Gasteiger partial charge on any atom is -0.331 e. The zero-order valence-electron chi connectivity index (χ0n) is 8.33. The van der Waals surface area contributed by atoms with E-state index in [1.54, 1.807) is 10.6 Å². The molecule has 3 rings (SSSR count). The largest absolute Gasteiger partial charge is 0.331 e. The molecule has 6 heteroatoms. The Morgan fingerprint density at radius 2 is 2.38 bits per heavy atom. The van der Waals surface area contributed by atoms with Crippen LogP contribution < -0.4 is 5.56 Å². The van der Waals surface area contributed by atoms with Crippen LogP contribution in [0.15, 0.2) is 10.9 Å². The van der Waals surface area contributed by atoms with Crippen LogP contribution in [0.1, 0.15) is 12.8 Å². The third-order valence-electron chi connectivity index (χ3n) is 2.77. The second-order valence-electron chi connectivity index (χ2n) is 4.08.